The number of carboxylic acid groups (broad SMARTS) is 1. The van der Waals surface area contributed by atoms with Crippen LogP contribution in [0, 0.1) is 26.7 Å². The smallest absolute Gasteiger partial charge is 0.303 e. The number of aliphatic carboxylic acids is 1. The zero-order valence-electron chi connectivity index (χ0n) is 25.1. The second-order valence-electron chi connectivity index (χ2n) is 11.3. The summed E-state index contributed by atoms with van der Waals surface area (Å²) >= 11 is 0. The molecule has 0 aliphatic heterocycles. The first-order valence-electron chi connectivity index (χ1n) is 14.5. The zero-order chi connectivity index (χ0) is 30.2. The molecule has 1 amide bonds. The number of hydrogen-bond donors (Lipinski definition) is 2. The number of nitrogens with zero attached hydrogens (tertiary/aromatic N) is 1. The lowest BCUT2D eigenvalue weighted by Gasteiger charge is -2.23. The van der Waals surface area contributed by atoms with Gasteiger partial charge in [0.15, 0.2) is 0 Å². The maximum Gasteiger partial charge on any atom is 0.303 e. The van der Waals surface area contributed by atoms with Crippen LogP contribution in [0.5, 0.6) is 5.75 Å². The highest BCUT2D eigenvalue weighted by Gasteiger charge is 2.21. The largest absolute Gasteiger partial charge is 0.493 e. The van der Waals surface area contributed by atoms with Crippen molar-refractivity contribution < 1.29 is 23.8 Å². The van der Waals surface area contributed by atoms with Gasteiger partial charge in [0.05, 0.1) is 18.3 Å². The second kappa shape index (κ2) is 14.0. The molecule has 0 saturated carbocycles. The summed E-state index contributed by atoms with van der Waals surface area (Å²) in [4.78, 5) is 29.7. The molecule has 1 unspecified atom stereocenters. The first kappa shape index (κ1) is 30.6. The van der Waals surface area contributed by atoms with Crippen molar-refractivity contribution in [1.82, 2.24) is 10.3 Å². The van der Waals surface area contributed by atoms with Gasteiger partial charge in [0.2, 0.25) is 5.89 Å². The van der Waals surface area contributed by atoms with E-state index in [0.717, 1.165) is 40.1 Å². The normalized spacial score (nSPS) is 11.9. The lowest BCUT2D eigenvalue weighted by molar-refractivity contribution is -0.136. The molecule has 220 valence electrons. The Morgan fingerprint density at radius 3 is 2.33 bits per heavy atom. The molecule has 0 fully saturated rings. The quantitative estimate of drug-likeness (QED) is 0.174. The third-order valence-electron chi connectivity index (χ3n) is 7.11. The van der Waals surface area contributed by atoms with Crippen molar-refractivity contribution >= 4 is 11.9 Å². The maximum absolute atomic E-state index is 13.7. The van der Waals surface area contributed by atoms with Gasteiger partial charge in [-0.1, -0.05) is 67.4 Å². The van der Waals surface area contributed by atoms with Gasteiger partial charge in [0.1, 0.15) is 11.5 Å². The standard InChI is InChI=1S/C35H40N2O5/c1-22(2)17-32(28-19-23(3)18-24(4)20-28)36-34(40)30-21-29(13-11-26(30)12-14-33(38)39)41-16-15-31-25(5)42-35(37-31)27-9-7-6-8-10-27/h6-11,13,18-22,32H,12,14-17H2,1-5H3,(H,36,40)(H,38,39). The Morgan fingerprint density at radius 2 is 1.67 bits per heavy atom. The van der Waals surface area contributed by atoms with E-state index in [1.165, 1.54) is 0 Å². The number of carbonyl (C=O) groups is 2. The summed E-state index contributed by atoms with van der Waals surface area (Å²) in [6.07, 6.45) is 1.49. The lowest BCUT2D eigenvalue weighted by atomic mass is 9.93. The molecular weight excluding hydrogens is 528 g/mol. The molecule has 0 spiro atoms. The summed E-state index contributed by atoms with van der Waals surface area (Å²) in [6.45, 7) is 10.6. The maximum atomic E-state index is 13.7. The Bertz CT molecular complexity index is 1500. The van der Waals surface area contributed by atoms with Gasteiger partial charge in [-0.2, -0.15) is 0 Å². The molecule has 0 aliphatic carbocycles. The number of hydrogen-bond acceptors (Lipinski definition) is 5. The first-order chi connectivity index (χ1) is 20.1. The van der Waals surface area contributed by atoms with Crippen LogP contribution < -0.4 is 10.1 Å². The SMILES string of the molecule is Cc1cc(C)cc(C(CC(C)C)NC(=O)c2cc(OCCc3nc(-c4ccccc4)oc3C)ccc2CCC(=O)O)c1. The fourth-order valence-electron chi connectivity index (χ4n) is 5.14. The minimum atomic E-state index is -0.910. The van der Waals surface area contributed by atoms with E-state index in [-0.39, 0.29) is 24.8 Å². The molecule has 0 radical (unpaired) electrons. The van der Waals surface area contributed by atoms with Crippen LogP contribution in [0.2, 0.25) is 0 Å². The van der Waals surface area contributed by atoms with Crippen molar-refractivity contribution in [2.45, 2.75) is 66.3 Å². The van der Waals surface area contributed by atoms with Crippen LogP contribution in [0.3, 0.4) is 0 Å². The number of aryl methyl sites for hydroxylation is 4. The van der Waals surface area contributed by atoms with E-state index in [4.69, 9.17) is 9.15 Å². The fourth-order valence-corrected chi connectivity index (χ4v) is 5.14. The van der Waals surface area contributed by atoms with Crippen molar-refractivity contribution in [2.75, 3.05) is 6.61 Å². The van der Waals surface area contributed by atoms with E-state index < -0.39 is 5.97 Å². The Hall–Kier alpha value is -4.39. The third kappa shape index (κ3) is 8.32. The van der Waals surface area contributed by atoms with Crippen LogP contribution in [0.4, 0.5) is 0 Å². The number of amides is 1. The molecule has 3 aromatic carbocycles. The highest BCUT2D eigenvalue weighted by molar-refractivity contribution is 5.96. The lowest BCUT2D eigenvalue weighted by Crippen LogP contribution is -2.30. The van der Waals surface area contributed by atoms with Crippen molar-refractivity contribution in [2.24, 2.45) is 5.92 Å². The van der Waals surface area contributed by atoms with Crippen molar-refractivity contribution in [1.29, 1.82) is 0 Å². The van der Waals surface area contributed by atoms with Crippen LogP contribution in [-0.4, -0.2) is 28.6 Å². The van der Waals surface area contributed by atoms with Crippen LogP contribution in [0.25, 0.3) is 11.5 Å². The van der Waals surface area contributed by atoms with Gasteiger partial charge in [0.25, 0.3) is 5.91 Å². The van der Waals surface area contributed by atoms with Gasteiger partial charge in [-0.05, 0) is 74.9 Å². The Kier molecular flexibility index (Phi) is 10.2. The molecule has 0 bridgehead atoms. The predicted octanol–water partition coefficient (Wildman–Crippen LogP) is 7.42. The van der Waals surface area contributed by atoms with Crippen LogP contribution >= 0.6 is 0 Å². The Labute approximate surface area is 248 Å². The Morgan fingerprint density at radius 1 is 0.952 bits per heavy atom. The topological polar surface area (TPSA) is 102 Å². The van der Waals surface area contributed by atoms with Gasteiger partial charge in [-0.25, -0.2) is 4.98 Å². The van der Waals surface area contributed by atoms with Gasteiger partial charge in [0, 0.05) is 24.0 Å². The zero-order valence-corrected chi connectivity index (χ0v) is 25.1. The average molecular weight is 569 g/mol. The number of rotatable bonds is 13. The number of aromatic nitrogens is 1. The number of carbonyl (C=O) groups excluding carboxylic acids is 1. The molecule has 0 aliphatic rings. The Balaban J connectivity index is 1.52. The van der Waals surface area contributed by atoms with Crippen molar-refractivity contribution in [3.8, 4) is 17.2 Å². The van der Waals surface area contributed by atoms with Gasteiger partial charge < -0.3 is 19.6 Å². The van der Waals surface area contributed by atoms with Crippen molar-refractivity contribution in [3.05, 3.63) is 106 Å². The first-order valence-corrected chi connectivity index (χ1v) is 14.5. The molecule has 1 heterocycles. The van der Waals surface area contributed by atoms with Gasteiger partial charge in [-0.3, -0.25) is 9.59 Å². The third-order valence-corrected chi connectivity index (χ3v) is 7.11. The minimum absolute atomic E-state index is 0.0673. The van der Waals surface area contributed by atoms with Crippen LogP contribution in [-0.2, 0) is 17.6 Å². The van der Waals surface area contributed by atoms with Crippen LogP contribution in [0.15, 0.2) is 71.1 Å². The van der Waals surface area contributed by atoms with Gasteiger partial charge >= 0.3 is 5.97 Å². The van der Waals surface area contributed by atoms with Crippen molar-refractivity contribution in [3.63, 3.8) is 0 Å². The van der Waals surface area contributed by atoms with E-state index in [0.29, 0.717) is 41.7 Å². The van der Waals surface area contributed by atoms with E-state index in [1.807, 2.05) is 37.3 Å². The summed E-state index contributed by atoms with van der Waals surface area (Å²) in [5.41, 5.74) is 6.17. The number of oxazole rings is 1. The average Bonchev–Trinajstić information content (AvgIpc) is 3.31. The highest BCUT2D eigenvalue weighted by atomic mass is 16.5. The number of benzene rings is 3. The molecule has 0 saturated heterocycles. The summed E-state index contributed by atoms with van der Waals surface area (Å²) in [5, 5.41) is 12.5. The minimum Gasteiger partial charge on any atom is -0.493 e. The van der Waals surface area contributed by atoms with E-state index in [9.17, 15) is 14.7 Å². The molecule has 4 aromatic rings. The highest BCUT2D eigenvalue weighted by Crippen LogP contribution is 2.27. The predicted molar refractivity (Wildman–Crippen MR) is 164 cm³/mol. The molecule has 7 heteroatoms. The molecule has 1 atom stereocenters. The molecular formula is C35H40N2O5. The molecule has 1 aromatic heterocycles. The summed E-state index contributed by atoms with van der Waals surface area (Å²) in [5.74, 6) is 1.06. The van der Waals surface area contributed by atoms with Gasteiger partial charge in [-0.15, -0.1) is 0 Å². The molecule has 7 nitrogen and oxygen atoms in total. The monoisotopic (exact) mass is 568 g/mol. The number of carboxylic acids is 1. The second-order valence-corrected chi connectivity index (χ2v) is 11.3. The summed E-state index contributed by atoms with van der Waals surface area (Å²) < 4.78 is 11.9. The fraction of sp³-hybridized carbons (Fsp3) is 0.343. The molecule has 42 heavy (non-hydrogen) atoms. The van der Waals surface area contributed by atoms with E-state index >= 15 is 0 Å². The summed E-state index contributed by atoms with van der Waals surface area (Å²) in [6, 6.07) is 21.2. The van der Waals surface area contributed by atoms with E-state index in [2.05, 4.69) is 56.2 Å². The van der Waals surface area contributed by atoms with E-state index in [1.54, 1.807) is 18.2 Å². The number of nitrogens with one attached hydrogen (secondary N) is 1. The molecule has 2 N–H and O–H groups in total. The van der Waals surface area contributed by atoms with Crippen LogP contribution in [0.1, 0.15) is 76.8 Å². The number of ether oxygens (including phenoxy) is 1. The molecule has 4 rings (SSSR count). The summed E-state index contributed by atoms with van der Waals surface area (Å²) in [7, 11) is 0.